The van der Waals surface area contributed by atoms with Gasteiger partial charge in [0.15, 0.2) is 15.6 Å². The van der Waals surface area contributed by atoms with Crippen molar-refractivity contribution in [2.45, 2.75) is 49.5 Å². The summed E-state index contributed by atoms with van der Waals surface area (Å²) in [4.78, 5) is 12.8. The zero-order valence-corrected chi connectivity index (χ0v) is 13.4. The molecule has 1 aromatic rings. The summed E-state index contributed by atoms with van der Waals surface area (Å²) < 4.78 is 24.6. The number of sulfone groups is 1. The van der Waals surface area contributed by atoms with Crippen LogP contribution in [-0.2, 0) is 9.84 Å². The summed E-state index contributed by atoms with van der Waals surface area (Å²) in [7, 11) is -3.04. The first-order chi connectivity index (χ1) is 10.4. The van der Waals surface area contributed by atoms with Crippen molar-refractivity contribution in [1.82, 2.24) is 0 Å². The Balaban J connectivity index is 1.90. The molecule has 0 aromatic heterocycles. The van der Waals surface area contributed by atoms with E-state index in [0.717, 1.165) is 12.0 Å². The molecule has 0 amide bonds. The number of nitriles is 1. The number of Topliss-reactive ketones (excluding diaryl/α,β-unsaturated/α-hetero) is 1. The van der Waals surface area contributed by atoms with Crippen molar-refractivity contribution < 1.29 is 13.2 Å². The lowest BCUT2D eigenvalue weighted by molar-refractivity contribution is 0.0893. The minimum Gasteiger partial charge on any atom is -0.294 e. The molecule has 1 aromatic carbocycles. The second-order valence-corrected chi connectivity index (χ2v) is 8.95. The summed E-state index contributed by atoms with van der Waals surface area (Å²) >= 11 is 0. The summed E-state index contributed by atoms with van der Waals surface area (Å²) in [6, 6.07) is 7.18. The molecule has 2 bridgehead atoms. The Labute approximate surface area is 131 Å². The zero-order chi connectivity index (χ0) is 15.9. The van der Waals surface area contributed by atoms with Crippen LogP contribution in [0.25, 0.3) is 0 Å². The molecule has 2 unspecified atom stereocenters. The molecule has 0 N–H and O–H groups in total. The Kier molecular flexibility index (Phi) is 3.82. The predicted octanol–water partition coefficient (Wildman–Crippen LogP) is 2.80. The van der Waals surface area contributed by atoms with Crippen molar-refractivity contribution in [3.8, 4) is 6.07 Å². The first-order valence-electron chi connectivity index (χ1n) is 7.71. The number of hydrogen-bond acceptors (Lipinski definition) is 4. The van der Waals surface area contributed by atoms with Gasteiger partial charge in [-0.2, -0.15) is 5.26 Å². The molecular weight excluding hydrogens is 298 g/mol. The number of nitrogens with zero attached hydrogens (tertiary/aromatic N) is 1. The second kappa shape index (κ2) is 5.51. The highest BCUT2D eigenvalue weighted by molar-refractivity contribution is 7.92. The summed E-state index contributed by atoms with van der Waals surface area (Å²) in [5.41, 5.74) is 1.89. The summed E-state index contributed by atoms with van der Waals surface area (Å²) in [6.07, 6.45) is 3.18. The van der Waals surface area contributed by atoms with Gasteiger partial charge in [0.05, 0.1) is 22.1 Å². The Morgan fingerprint density at radius 3 is 2.45 bits per heavy atom. The van der Waals surface area contributed by atoms with Gasteiger partial charge < -0.3 is 0 Å². The molecule has 3 rings (SSSR count). The molecular formula is C17H19NO3S. The van der Waals surface area contributed by atoms with Crippen LogP contribution in [0.2, 0.25) is 0 Å². The van der Waals surface area contributed by atoms with Crippen molar-refractivity contribution in [3.05, 3.63) is 34.9 Å². The second-order valence-electron chi connectivity index (χ2n) is 6.44. The van der Waals surface area contributed by atoms with E-state index in [1.54, 1.807) is 18.2 Å². The van der Waals surface area contributed by atoms with E-state index in [0.29, 0.717) is 36.8 Å². The van der Waals surface area contributed by atoms with E-state index in [1.807, 2.05) is 6.92 Å². The van der Waals surface area contributed by atoms with Crippen LogP contribution in [0.3, 0.4) is 0 Å². The lowest BCUT2D eigenvalue weighted by Gasteiger charge is -2.38. The van der Waals surface area contributed by atoms with E-state index in [1.165, 1.54) is 0 Å². The highest BCUT2D eigenvalue weighted by Crippen LogP contribution is 2.40. The average molecular weight is 317 g/mol. The van der Waals surface area contributed by atoms with Gasteiger partial charge in [0.25, 0.3) is 0 Å². The van der Waals surface area contributed by atoms with Crippen LogP contribution in [0.15, 0.2) is 18.2 Å². The first kappa shape index (κ1) is 15.2. The van der Waals surface area contributed by atoms with Gasteiger partial charge in [0.1, 0.15) is 0 Å². The van der Waals surface area contributed by atoms with Gasteiger partial charge in [0.2, 0.25) is 0 Å². The molecule has 0 saturated carbocycles. The van der Waals surface area contributed by atoms with E-state index >= 15 is 0 Å². The molecule has 2 heterocycles. The van der Waals surface area contributed by atoms with Gasteiger partial charge in [-0.15, -0.1) is 0 Å². The van der Waals surface area contributed by atoms with Gasteiger partial charge >= 0.3 is 0 Å². The third-order valence-electron chi connectivity index (χ3n) is 5.08. The lowest BCUT2D eigenvalue weighted by Crippen LogP contribution is -2.45. The quantitative estimate of drug-likeness (QED) is 0.786. The SMILES string of the molecule is Cc1ccc(C#N)cc1C(=O)C1CC2CCCC(C1)S2(=O)=O. The number of ketones is 1. The molecule has 2 saturated heterocycles. The van der Waals surface area contributed by atoms with Crippen molar-refractivity contribution in [1.29, 1.82) is 5.26 Å². The number of benzene rings is 1. The van der Waals surface area contributed by atoms with Crippen LogP contribution in [0, 0.1) is 24.2 Å². The molecule has 4 nitrogen and oxygen atoms in total. The Morgan fingerprint density at radius 2 is 1.86 bits per heavy atom. The van der Waals surface area contributed by atoms with Gasteiger partial charge in [-0.25, -0.2) is 8.42 Å². The molecule has 2 aliphatic rings. The molecule has 2 atom stereocenters. The Morgan fingerprint density at radius 1 is 1.23 bits per heavy atom. The molecule has 116 valence electrons. The van der Waals surface area contributed by atoms with E-state index in [2.05, 4.69) is 6.07 Å². The van der Waals surface area contributed by atoms with Crippen molar-refractivity contribution in [2.24, 2.45) is 5.92 Å². The Bertz CT molecular complexity index is 741. The van der Waals surface area contributed by atoms with Crippen LogP contribution in [0.5, 0.6) is 0 Å². The smallest absolute Gasteiger partial charge is 0.166 e. The van der Waals surface area contributed by atoms with Crippen LogP contribution < -0.4 is 0 Å². The summed E-state index contributed by atoms with van der Waals surface area (Å²) in [5, 5.41) is 8.30. The fraction of sp³-hybridized carbons (Fsp3) is 0.529. The van der Waals surface area contributed by atoms with Gasteiger partial charge in [0, 0.05) is 11.5 Å². The monoisotopic (exact) mass is 317 g/mol. The molecule has 22 heavy (non-hydrogen) atoms. The zero-order valence-electron chi connectivity index (χ0n) is 12.6. The number of rotatable bonds is 2. The standard InChI is InChI=1S/C17H19NO3S/c1-11-5-6-12(10-18)7-16(11)17(19)13-8-14-3-2-4-15(9-13)22(14,20)21/h5-7,13-15H,2-4,8-9H2,1H3. The maximum Gasteiger partial charge on any atom is 0.166 e. The first-order valence-corrected chi connectivity index (χ1v) is 9.32. The maximum atomic E-state index is 12.8. The fourth-order valence-electron chi connectivity index (χ4n) is 3.80. The van der Waals surface area contributed by atoms with E-state index in [4.69, 9.17) is 5.26 Å². The number of aryl methyl sites for hydroxylation is 1. The molecule has 0 spiro atoms. The highest BCUT2D eigenvalue weighted by Gasteiger charge is 2.46. The molecule has 0 aliphatic carbocycles. The Hall–Kier alpha value is -1.67. The van der Waals surface area contributed by atoms with Crippen LogP contribution in [-0.4, -0.2) is 24.7 Å². The maximum absolute atomic E-state index is 12.8. The summed E-state index contributed by atoms with van der Waals surface area (Å²) in [6.45, 7) is 1.86. The van der Waals surface area contributed by atoms with Crippen LogP contribution in [0.4, 0.5) is 0 Å². The predicted molar refractivity (Wildman–Crippen MR) is 83.3 cm³/mol. The summed E-state index contributed by atoms with van der Waals surface area (Å²) in [5.74, 6) is -0.229. The van der Waals surface area contributed by atoms with Gasteiger partial charge in [-0.3, -0.25) is 4.79 Å². The topological polar surface area (TPSA) is 75.0 Å². The third-order valence-corrected chi connectivity index (χ3v) is 7.79. The molecule has 5 heteroatoms. The highest BCUT2D eigenvalue weighted by atomic mass is 32.2. The number of carbonyl (C=O) groups is 1. The van der Waals surface area contributed by atoms with E-state index < -0.39 is 9.84 Å². The molecule has 2 aliphatic heterocycles. The number of carbonyl (C=O) groups excluding carboxylic acids is 1. The van der Waals surface area contributed by atoms with E-state index in [-0.39, 0.29) is 22.2 Å². The van der Waals surface area contributed by atoms with Crippen LogP contribution >= 0.6 is 0 Å². The van der Waals surface area contributed by atoms with Crippen LogP contribution in [0.1, 0.15) is 53.6 Å². The lowest BCUT2D eigenvalue weighted by atomic mass is 9.83. The van der Waals surface area contributed by atoms with E-state index in [9.17, 15) is 13.2 Å². The molecule has 0 radical (unpaired) electrons. The van der Waals surface area contributed by atoms with Crippen molar-refractivity contribution >= 4 is 15.6 Å². The van der Waals surface area contributed by atoms with Gasteiger partial charge in [-0.1, -0.05) is 12.5 Å². The molecule has 2 fully saturated rings. The van der Waals surface area contributed by atoms with Gasteiger partial charge in [-0.05, 0) is 50.3 Å². The minimum atomic E-state index is -3.04. The van der Waals surface area contributed by atoms with Crippen molar-refractivity contribution in [2.75, 3.05) is 0 Å². The van der Waals surface area contributed by atoms with Crippen molar-refractivity contribution in [3.63, 3.8) is 0 Å². The average Bonchev–Trinajstić information content (AvgIpc) is 2.46. The fourth-order valence-corrected chi connectivity index (χ4v) is 6.34. The number of fused-ring (bicyclic) bond motifs is 2. The third kappa shape index (κ3) is 2.46. The minimum absolute atomic E-state index is 0.00130. The normalized spacial score (nSPS) is 29.5. The number of hydrogen-bond donors (Lipinski definition) is 0. The largest absolute Gasteiger partial charge is 0.294 e.